The van der Waals surface area contributed by atoms with Gasteiger partial charge in [0, 0.05) is 19.3 Å². The summed E-state index contributed by atoms with van der Waals surface area (Å²) in [6.45, 7) is 6.46. The minimum atomic E-state index is -5.50. The number of rotatable bonds is 37. The fourth-order valence-electron chi connectivity index (χ4n) is 7.47. The highest BCUT2D eigenvalue weighted by atomic mass is 31.2. The number of aliphatic hydroxyl groups excluding tert-OH is 1. The van der Waals surface area contributed by atoms with E-state index in [1.165, 1.54) is 38.5 Å². The van der Waals surface area contributed by atoms with Crippen molar-refractivity contribution in [3.8, 4) is 0 Å². The van der Waals surface area contributed by atoms with Crippen molar-refractivity contribution in [1.29, 1.82) is 0 Å². The molecule has 348 valence electrons. The zero-order valence-electron chi connectivity index (χ0n) is 36.4. The molecule has 0 aromatic rings. The van der Waals surface area contributed by atoms with Gasteiger partial charge >= 0.3 is 33.6 Å². The minimum Gasteiger partial charge on any atom is -0.455 e. The van der Waals surface area contributed by atoms with Crippen LogP contribution in [0.4, 0.5) is 0 Å². The Morgan fingerprint density at radius 2 is 0.576 bits per heavy atom. The van der Waals surface area contributed by atoms with E-state index in [4.69, 9.17) is 23.3 Å². The standard InChI is InChI=1S/C42H80O15P2/c1-4-7-10-13-16-19-22-25-28-31-34(43)53-40-38(56-58(47,48)49)37(46)39(57-59(50,51)52)41(54-35(44)32-29-26-23-20-17-14-11-8-5-2)42(40)55-36(45)33-30-27-24-21-18-15-12-9-6-3/h37-42,46H,4-33H2,1-3H3,(H2,47,48,49)(H2,50,51,52)/t37-,38-,39-,40+,41-,42-/m1/s1. The summed E-state index contributed by atoms with van der Waals surface area (Å²) in [5.41, 5.74) is 0. The molecule has 1 aliphatic rings. The van der Waals surface area contributed by atoms with Crippen molar-refractivity contribution >= 4 is 33.6 Å². The average Bonchev–Trinajstić information content (AvgIpc) is 3.16. The number of phosphoric acid groups is 2. The Morgan fingerprint density at radius 1 is 0.373 bits per heavy atom. The molecular weight excluding hydrogens is 806 g/mol. The maximum atomic E-state index is 13.4. The smallest absolute Gasteiger partial charge is 0.455 e. The van der Waals surface area contributed by atoms with Crippen LogP contribution in [0.15, 0.2) is 0 Å². The maximum Gasteiger partial charge on any atom is 0.470 e. The Bertz CT molecular complexity index is 1140. The van der Waals surface area contributed by atoms with Crippen LogP contribution in [0, 0.1) is 0 Å². The quantitative estimate of drug-likeness (QED) is 0.0169. The molecule has 0 spiro atoms. The van der Waals surface area contributed by atoms with Gasteiger partial charge in [0.1, 0.15) is 18.3 Å². The Morgan fingerprint density at radius 3 is 0.797 bits per heavy atom. The molecule has 0 heterocycles. The lowest BCUT2D eigenvalue weighted by Crippen LogP contribution is -2.67. The van der Waals surface area contributed by atoms with Crippen LogP contribution in [0.2, 0.25) is 0 Å². The molecule has 1 fully saturated rings. The van der Waals surface area contributed by atoms with Crippen molar-refractivity contribution in [1.82, 2.24) is 0 Å². The molecule has 5 N–H and O–H groups in total. The average molecular weight is 887 g/mol. The van der Waals surface area contributed by atoms with Crippen LogP contribution < -0.4 is 0 Å². The second kappa shape index (κ2) is 33.2. The molecule has 17 heteroatoms. The van der Waals surface area contributed by atoms with E-state index in [1.54, 1.807) is 0 Å². The molecular formula is C42H80O15P2. The van der Waals surface area contributed by atoms with Crippen LogP contribution in [0.1, 0.15) is 213 Å². The van der Waals surface area contributed by atoms with Gasteiger partial charge in [-0.3, -0.25) is 23.4 Å². The van der Waals surface area contributed by atoms with Gasteiger partial charge in [-0.2, -0.15) is 0 Å². The van der Waals surface area contributed by atoms with Gasteiger partial charge in [-0.1, -0.05) is 175 Å². The van der Waals surface area contributed by atoms with Crippen molar-refractivity contribution < 1.29 is 71.5 Å². The molecule has 0 radical (unpaired) electrons. The van der Waals surface area contributed by atoms with E-state index in [9.17, 15) is 48.2 Å². The fourth-order valence-corrected chi connectivity index (χ4v) is 8.60. The third kappa shape index (κ3) is 28.0. The van der Waals surface area contributed by atoms with Crippen LogP contribution in [-0.2, 0) is 46.8 Å². The van der Waals surface area contributed by atoms with Gasteiger partial charge in [0.25, 0.3) is 0 Å². The third-order valence-electron chi connectivity index (χ3n) is 10.7. The van der Waals surface area contributed by atoms with Gasteiger partial charge in [0.05, 0.1) is 0 Å². The highest BCUT2D eigenvalue weighted by Crippen LogP contribution is 2.47. The maximum absolute atomic E-state index is 13.4. The Kier molecular flexibility index (Phi) is 31.3. The molecule has 15 nitrogen and oxygen atoms in total. The van der Waals surface area contributed by atoms with E-state index in [2.05, 4.69) is 20.8 Å². The SMILES string of the molecule is CCCCCCCCCCCC(=O)O[C@@H]1[C@@H](OC(=O)CCCCCCCCCCC)[C@H](OP(=O)(O)O)[C@@H](O)[C@@H](OP(=O)(O)O)[C@H]1OC(=O)CCCCCCCCCCC. The zero-order valence-corrected chi connectivity index (χ0v) is 38.2. The number of carbonyl (C=O) groups excluding carboxylic acids is 3. The summed E-state index contributed by atoms with van der Waals surface area (Å²) in [6, 6.07) is 0. The molecule has 1 saturated carbocycles. The first-order valence-corrected chi connectivity index (χ1v) is 25.9. The highest BCUT2D eigenvalue weighted by Gasteiger charge is 2.60. The van der Waals surface area contributed by atoms with Crippen LogP contribution in [-0.4, -0.2) is 79.2 Å². The molecule has 0 aromatic heterocycles. The highest BCUT2D eigenvalue weighted by molar-refractivity contribution is 7.46. The summed E-state index contributed by atoms with van der Waals surface area (Å²) in [5, 5.41) is 11.4. The van der Waals surface area contributed by atoms with E-state index in [-0.39, 0.29) is 19.3 Å². The van der Waals surface area contributed by atoms with E-state index in [0.717, 1.165) is 96.3 Å². The molecule has 0 amide bonds. The molecule has 6 atom stereocenters. The third-order valence-corrected chi connectivity index (χ3v) is 11.8. The van der Waals surface area contributed by atoms with Gasteiger partial charge in [0.2, 0.25) is 0 Å². The zero-order chi connectivity index (χ0) is 43.9. The Balaban J connectivity index is 3.26. The number of aliphatic hydroxyl groups is 1. The summed E-state index contributed by atoms with van der Waals surface area (Å²) in [6.07, 6.45) is 13.2. The van der Waals surface area contributed by atoms with E-state index in [0.29, 0.717) is 38.5 Å². The van der Waals surface area contributed by atoms with Crippen molar-refractivity contribution in [2.75, 3.05) is 0 Å². The van der Waals surface area contributed by atoms with Crippen LogP contribution >= 0.6 is 15.6 Å². The van der Waals surface area contributed by atoms with Gasteiger partial charge in [-0.25, -0.2) is 9.13 Å². The van der Waals surface area contributed by atoms with Crippen LogP contribution in [0.25, 0.3) is 0 Å². The second-order valence-corrected chi connectivity index (χ2v) is 18.6. The van der Waals surface area contributed by atoms with Crippen molar-refractivity contribution in [2.45, 2.75) is 250 Å². The number of unbranched alkanes of at least 4 members (excludes halogenated alkanes) is 24. The lowest BCUT2D eigenvalue weighted by atomic mass is 9.84. The van der Waals surface area contributed by atoms with Crippen molar-refractivity contribution in [2.24, 2.45) is 0 Å². The molecule has 0 saturated heterocycles. The van der Waals surface area contributed by atoms with E-state index < -0.39 is 70.2 Å². The molecule has 1 aliphatic carbocycles. The van der Waals surface area contributed by atoms with Gasteiger partial charge in [0.15, 0.2) is 18.3 Å². The molecule has 1 rings (SSSR count). The van der Waals surface area contributed by atoms with E-state index in [1.807, 2.05) is 0 Å². The van der Waals surface area contributed by atoms with Gasteiger partial charge < -0.3 is 38.9 Å². The number of esters is 3. The molecule has 0 unspecified atom stereocenters. The van der Waals surface area contributed by atoms with Gasteiger partial charge in [-0.05, 0) is 19.3 Å². The molecule has 0 aromatic carbocycles. The molecule has 59 heavy (non-hydrogen) atoms. The fraction of sp³-hybridized carbons (Fsp3) is 0.929. The summed E-state index contributed by atoms with van der Waals surface area (Å²) < 4.78 is 51.3. The summed E-state index contributed by atoms with van der Waals surface area (Å²) in [4.78, 5) is 79.4. The predicted molar refractivity (Wildman–Crippen MR) is 225 cm³/mol. The molecule has 0 aliphatic heterocycles. The van der Waals surface area contributed by atoms with Crippen LogP contribution in [0.5, 0.6) is 0 Å². The summed E-state index contributed by atoms with van der Waals surface area (Å²) in [7, 11) is -11.0. The number of hydrogen-bond acceptors (Lipinski definition) is 11. The monoisotopic (exact) mass is 886 g/mol. The molecule has 0 bridgehead atoms. The largest absolute Gasteiger partial charge is 0.470 e. The van der Waals surface area contributed by atoms with Gasteiger partial charge in [-0.15, -0.1) is 0 Å². The predicted octanol–water partition coefficient (Wildman–Crippen LogP) is 9.81. The topological polar surface area (TPSA) is 233 Å². The lowest BCUT2D eigenvalue weighted by molar-refractivity contribution is -0.243. The number of phosphoric ester groups is 2. The summed E-state index contributed by atoms with van der Waals surface area (Å²) in [5.74, 6) is -2.57. The number of carbonyl (C=O) groups is 3. The van der Waals surface area contributed by atoms with Crippen LogP contribution in [0.3, 0.4) is 0 Å². The van der Waals surface area contributed by atoms with Crippen molar-refractivity contribution in [3.05, 3.63) is 0 Å². The first-order chi connectivity index (χ1) is 28.1. The van der Waals surface area contributed by atoms with Crippen molar-refractivity contribution in [3.63, 3.8) is 0 Å². The Hall–Kier alpha value is -1.41. The first-order valence-electron chi connectivity index (χ1n) is 22.9. The van der Waals surface area contributed by atoms with E-state index >= 15 is 0 Å². The number of hydrogen-bond donors (Lipinski definition) is 5. The normalized spacial score (nSPS) is 21.0. The second-order valence-electron chi connectivity index (χ2n) is 16.2. The minimum absolute atomic E-state index is 0.124. The first kappa shape index (κ1) is 55.6. The Labute approximate surface area is 354 Å². The number of ether oxygens (including phenoxy) is 3. The summed E-state index contributed by atoms with van der Waals surface area (Å²) >= 11 is 0. The lowest BCUT2D eigenvalue weighted by Gasteiger charge is -2.46.